The van der Waals surface area contributed by atoms with E-state index in [-0.39, 0.29) is 5.78 Å². The summed E-state index contributed by atoms with van der Waals surface area (Å²) in [7, 11) is 0. The van der Waals surface area contributed by atoms with Gasteiger partial charge in [0, 0.05) is 4.91 Å². The van der Waals surface area contributed by atoms with Crippen LogP contribution >= 0.6 is 23.5 Å². The fourth-order valence-electron chi connectivity index (χ4n) is 0.699. The molecule has 64 valence electrons. The summed E-state index contributed by atoms with van der Waals surface area (Å²) in [6.07, 6.45) is 6.82. The smallest absolute Gasteiger partial charge is 0.178 e. The molecule has 0 radical (unpaired) electrons. The lowest BCUT2D eigenvalue weighted by Gasteiger charge is -1.99. The zero-order chi connectivity index (χ0) is 8.69. The van der Waals surface area contributed by atoms with Crippen LogP contribution in [0.3, 0.4) is 0 Å². The number of carbonyl (C=O) groups is 1. The first-order chi connectivity index (χ1) is 5.26. The minimum absolute atomic E-state index is 0.256. The molecule has 0 aliphatic rings. The number of thioether (sulfide) groups is 2. The normalized spacial score (nSPS) is 11.7. The Balaban J connectivity index is 4.03. The largest absolute Gasteiger partial charge is 0.293 e. The van der Waals surface area contributed by atoms with Crippen molar-refractivity contribution in [2.24, 2.45) is 0 Å². The molecule has 3 heteroatoms. The first kappa shape index (κ1) is 11.1. The highest BCUT2D eigenvalue weighted by molar-refractivity contribution is 8.04. The lowest BCUT2D eigenvalue weighted by Crippen LogP contribution is -2.02. The van der Waals surface area contributed by atoms with Gasteiger partial charge in [-0.2, -0.15) is 11.8 Å². The summed E-state index contributed by atoms with van der Waals surface area (Å²) in [6, 6.07) is 0. The van der Waals surface area contributed by atoms with Crippen LogP contribution in [0.1, 0.15) is 13.3 Å². The average molecular weight is 190 g/mol. The van der Waals surface area contributed by atoms with Crippen LogP contribution in [-0.2, 0) is 4.79 Å². The van der Waals surface area contributed by atoms with E-state index in [2.05, 4.69) is 0 Å². The number of ketones is 1. The topological polar surface area (TPSA) is 17.1 Å². The number of allylic oxidation sites excluding steroid dienone is 2. The maximum Gasteiger partial charge on any atom is 0.178 e. The summed E-state index contributed by atoms with van der Waals surface area (Å²) in [6.45, 7) is 2.04. The molecule has 0 aromatic heterocycles. The summed E-state index contributed by atoms with van der Waals surface area (Å²) in [4.78, 5) is 12.2. The molecule has 0 fully saturated rings. The van der Waals surface area contributed by atoms with Gasteiger partial charge in [-0.15, -0.1) is 11.8 Å². The van der Waals surface area contributed by atoms with E-state index >= 15 is 0 Å². The van der Waals surface area contributed by atoms with Gasteiger partial charge < -0.3 is 0 Å². The van der Waals surface area contributed by atoms with Gasteiger partial charge in [-0.1, -0.05) is 13.0 Å². The van der Waals surface area contributed by atoms with Gasteiger partial charge >= 0.3 is 0 Å². The molecule has 0 rings (SSSR count). The molecule has 0 aliphatic carbocycles. The second-order valence-corrected chi connectivity index (χ2v) is 3.75. The van der Waals surface area contributed by atoms with Crippen LogP contribution in [0.4, 0.5) is 0 Å². The summed E-state index contributed by atoms with van der Waals surface area (Å²) < 4.78 is 0. The number of carbonyl (C=O) groups excluding carboxylic acids is 1. The first-order valence-electron chi connectivity index (χ1n) is 3.52. The standard InChI is InChI=1S/C8H14OS2/c1-4-5-8(11-3)7(9)6-10-2/h5H,4,6H2,1-3H3. The van der Waals surface area contributed by atoms with Crippen LogP contribution in [0.15, 0.2) is 11.0 Å². The van der Waals surface area contributed by atoms with Gasteiger partial charge in [0.25, 0.3) is 0 Å². The molecular formula is C8H14OS2. The van der Waals surface area contributed by atoms with E-state index < -0.39 is 0 Å². The Morgan fingerprint density at radius 3 is 2.45 bits per heavy atom. The van der Waals surface area contributed by atoms with Gasteiger partial charge in [0.1, 0.15) is 0 Å². The van der Waals surface area contributed by atoms with E-state index in [1.165, 1.54) is 0 Å². The van der Waals surface area contributed by atoms with E-state index in [0.717, 1.165) is 11.3 Å². The predicted octanol–water partition coefficient (Wildman–Crippen LogP) is 2.58. The molecule has 0 aromatic carbocycles. The number of hydrogen-bond acceptors (Lipinski definition) is 3. The molecule has 0 saturated carbocycles. The second kappa shape index (κ2) is 6.80. The third-order valence-corrected chi connectivity index (χ3v) is 2.54. The van der Waals surface area contributed by atoms with E-state index in [1.807, 2.05) is 25.5 Å². The van der Waals surface area contributed by atoms with Gasteiger partial charge in [-0.25, -0.2) is 0 Å². The molecule has 0 saturated heterocycles. The highest BCUT2D eigenvalue weighted by Crippen LogP contribution is 2.15. The molecule has 1 nitrogen and oxygen atoms in total. The van der Waals surface area contributed by atoms with Crippen molar-refractivity contribution < 1.29 is 4.79 Å². The van der Waals surface area contributed by atoms with Crippen LogP contribution in [0.2, 0.25) is 0 Å². The van der Waals surface area contributed by atoms with Crippen LogP contribution in [0.5, 0.6) is 0 Å². The Kier molecular flexibility index (Phi) is 6.87. The number of Topliss-reactive ketones (excluding diaryl/α,β-unsaturated/α-hetero) is 1. The van der Waals surface area contributed by atoms with Crippen molar-refractivity contribution in [3.63, 3.8) is 0 Å². The van der Waals surface area contributed by atoms with Crippen LogP contribution in [0, 0.1) is 0 Å². The highest BCUT2D eigenvalue weighted by atomic mass is 32.2. The van der Waals surface area contributed by atoms with Crippen LogP contribution < -0.4 is 0 Å². The van der Waals surface area contributed by atoms with Crippen molar-refractivity contribution in [3.8, 4) is 0 Å². The molecule has 0 spiro atoms. The number of hydrogen-bond donors (Lipinski definition) is 0. The third kappa shape index (κ3) is 4.53. The van der Waals surface area contributed by atoms with E-state index in [4.69, 9.17) is 0 Å². The Labute approximate surface area is 77.0 Å². The molecule has 0 bridgehead atoms. The SMILES string of the molecule is CCC=C(SC)C(=O)CSC. The summed E-state index contributed by atoms with van der Waals surface area (Å²) in [5.74, 6) is 0.860. The molecule has 0 heterocycles. The highest BCUT2D eigenvalue weighted by Gasteiger charge is 2.05. The van der Waals surface area contributed by atoms with E-state index in [9.17, 15) is 4.79 Å². The van der Waals surface area contributed by atoms with Crippen molar-refractivity contribution in [1.29, 1.82) is 0 Å². The predicted molar refractivity (Wildman–Crippen MR) is 55.3 cm³/mol. The monoisotopic (exact) mass is 190 g/mol. The van der Waals surface area contributed by atoms with Crippen LogP contribution in [-0.4, -0.2) is 24.0 Å². The van der Waals surface area contributed by atoms with Gasteiger partial charge in [-0.05, 0) is 18.9 Å². The van der Waals surface area contributed by atoms with E-state index in [0.29, 0.717) is 5.75 Å². The zero-order valence-corrected chi connectivity index (χ0v) is 8.85. The average Bonchev–Trinajstić information content (AvgIpc) is 2.00. The molecule has 0 aliphatic heterocycles. The Morgan fingerprint density at radius 1 is 1.45 bits per heavy atom. The minimum atomic E-state index is 0.256. The lowest BCUT2D eigenvalue weighted by molar-refractivity contribution is -0.112. The van der Waals surface area contributed by atoms with E-state index in [1.54, 1.807) is 23.5 Å². The van der Waals surface area contributed by atoms with Gasteiger partial charge in [0.05, 0.1) is 5.75 Å². The number of rotatable bonds is 5. The molecule has 0 unspecified atom stereocenters. The Morgan fingerprint density at radius 2 is 2.09 bits per heavy atom. The zero-order valence-electron chi connectivity index (χ0n) is 7.22. The van der Waals surface area contributed by atoms with Gasteiger partial charge in [0.2, 0.25) is 0 Å². The van der Waals surface area contributed by atoms with Crippen LogP contribution in [0.25, 0.3) is 0 Å². The summed E-state index contributed by atoms with van der Waals surface area (Å²) >= 11 is 3.12. The fourth-order valence-corrected chi connectivity index (χ4v) is 1.84. The third-order valence-electron chi connectivity index (χ3n) is 1.16. The molecule has 0 N–H and O–H groups in total. The van der Waals surface area contributed by atoms with Crippen molar-refractivity contribution in [2.75, 3.05) is 18.3 Å². The fraction of sp³-hybridized carbons (Fsp3) is 0.625. The van der Waals surface area contributed by atoms with Gasteiger partial charge in [-0.3, -0.25) is 4.79 Å². The quantitative estimate of drug-likeness (QED) is 0.620. The van der Waals surface area contributed by atoms with Crippen molar-refractivity contribution in [3.05, 3.63) is 11.0 Å². The lowest BCUT2D eigenvalue weighted by atomic mass is 10.3. The minimum Gasteiger partial charge on any atom is -0.293 e. The van der Waals surface area contributed by atoms with Crippen molar-refractivity contribution in [2.45, 2.75) is 13.3 Å². The molecule has 0 atom stereocenters. The van der Waals surface area contributed by atoms with Crippen molar-refractivity contribution in [1.82, 2.24) is 0 Å². The first-order valence-corrected chi connectivity index (χ1v) is 6.14. The molecule has 11 heavy (non-hydrogen) atoms. The van der Waals surface area contributed by atoms with Crippen molar-refractivity contribution >= 4 is 29.3 Å². The maximum absolute atomic E-state index is 11.3. The second-order valence-electron chi connectivity index (χ2n) is 2.04. The van der Waals surface area contributed by atoms with Gasteiger partial charge in [0.15, 0.2) is 5.78 Å². The summed E-state index contributed by atoms with van der Waals surface area (Å²) in [5, 5.41) is 0. The summed E-state index contributed by atoms with van der Waals surface area (Å²) in [5.41, 5.74) is 0. The molecule has 0 amide bonds. The molecular weight excluding hydrogens is 176 g/mol. The Hall–Kier alpha value is 0.110. The maximum atomic E-state index is 11.3. The Bertz CT molecular complexity index is 152. The molecule has 0 aromatic rings.